The molecule has 0 unspecified atom stereocenters. The fraction of sp³-hybridized carbons (Fsp3) is 0.0952. The standard InChI is InChI=1S/C21H19BrN2O4S/c1-14-7-12-17(29(26,27)24-19-5-3-4-6-20(19)28-2)13-18(14)21(25)23-16-10-8-15(22)9-11-16/h3-13,24H,1-2H3,(H,23,25). The molecule has 29 heavy (non-hydrogen) atoms. The number of hydrogen-bond donors (Lipinski definition) is 2. The number of nitrogens with one attached hydrogen (secondary N) is 2. The molecule has 0 aliphatic heterocycles. The number of carbonyl (C=O) groups is 1. The van der Waals surface area contributed by atoms with Gasteiger partial charge in [0.25, 0.3) is 15.9 Å². The number of rotatable bonds is 6. The zero-order valence-electron chi connectivity index (χ0n) is 15.8. The van der Waals surface area contributed by atoms with Crippen LogP contribution in [0.25, 0.3) is 0 Å². The number of para-hydroxylation sites is 2. The minimum Gasteiger partial charge on any atom is -0.495 e. The summed E-state index contributed by atoms with van der Waals surface area (Å²) < 4.78 is 34.3. The molecule has 0 heterocycles. The fourth-order valence-electron chi connectivity index (χ4n) is 2.68. The molecule has 0 fully saturated rings. The van der Waals surface area contributed by atoms with Gasteiger partial charge < -0.3 is 10.1 Å². The molecule has 0 aliphatic rings. The van der Waals surface area contributed by atoms with Gasteiger partial charge in [-0.15, -0.1) is 0 Å². The Bertz CT molecular complexity index is 1150. The van der Waals surface area contributed by atoms with Gasteiger partial charge >= 0.3 is 0 Å². The Hall–Kier alpha value is -2.84. The van der Waals surface area contributed by atoms with E-state index in [1.165, 1.54) is 19.2 Å². The molecule has 0 spiro atoms. The molecule has 150 valence electrons. The van der Waals surface area contributed by atoms with Gasteiger partial charge in [0.2, 0.25) is 0 Å². The molecule has 0 saturated carbocycles. The van der Waals surface area contributed by atoms with Crippen LogP contribution in [-0.2, 0) is 10.0 Å². The van der Waals surface area contributed by atoms with Crippen molar-refractivity contribution < 1.29 is 17.9 Å². The van der Waals surface area contributed by atoms with Crippen molar-refractivity contribution in [3.05, 3.63) is 82.3 Å². The summed E-state index contributed by atoms with van der Waals surface area (Å²) in [7, 11) is -2.45. The lowest BCUT2D eigenvalue weighted by molar-refractivity contribution is 0.102. The van der Waals surface area contributed by atoms with Crippen molar-refractivity contribution in [2.75, 3.05) is 17.1 Å². The second-order valence-corrected chi connectivity index (χ2v) is 8.84. The number of carbonyl (C=O) groups excluding carboxylic acids is 1. The summed E-state index contributed by atoms with van der Waals surface area (Å²) in [5.74, 6) is 0.00977. The Morgan fingerprint density at radius 2 is 1.69 bits per heavy atom. The number of aryl methyl sites for hydroxylation is 1. The van der Waals surface area contributed by atoms with Crippen LogP contribution in [0, 0.1) is 6.92 Å². The van der Waals surface area contributed by atoms with Crippen LogP contribution in [0.2, 0.25) is 0 Å². The van der Waals surface area contributed by atoms with Crippen LogP contribution in [0.3, 0.4) is 0 Å². The summed E-state index contributed by atoms with van der Waals surface area (Å²) in [6.45, 7) is 1.75. The third-order valence-corrected chi connectivity index (χ3v) is 6.11. The van der Waals surface area contributed by atoms with Crippen molar-refractivity contribution in [2.24, 2.45) is 0 Å². The Balaban J connectivity index is 1.89. The van der Waals surface area contributed by atoms with E-state index in [0.717, 1.165) is 4.47 Å². The first kappa shape index (κ1) is 20.9. The van der Waals surface area contributed by atoms with E-state index in [4.69, 9.17) is 4.74 Å². The van der Waals surface area contributed by atoms with Gasteiger partial charge in [-0.3, -0.25) is 9.52 Å². The van der Waals surface area contributed by atoms with E-state index in [1.807, 2.05) is 0 Å². The number of benzene rings is 3. The largest absolute Gasteiger partial charge is 0.495 e. The summed E-state index contributed by atoms with van der Waals surface area (Å²) in [4.78, 5) is 12.7. The zero-order chi connectivity index (χ0) is 21.0. The van der Waals surface area contributed by atoms with E-state index in [2.05, 4.69) is 26.0 Å². The van der Waals surface area contributed by atoms with Gasteiger partial charge in [-0.25, -0.2) is 8.42 Å². The number of sulfonamides is 1. The van der Waals surface area contributed by atoms with Gasteiger partial charge in [-0.05, 0) is 61.0 Å². The Morgan fingerprint density at radius 1 is 1.00 bits per heavy atom. The highest BCUT2D eigenvalue weighted by Gasteiger charge is 2.19. The Kier molecular flexibility index (Phi) is 6.24. The lowest BCUT2D eigenvalue weighted by Gasteiger charge is -2.13. The van der Waals surface area contributed by atoms with Crippen molar-refractivity contribution in [1.82, 2.24) is 0 Å². The SMILES string of the molecule is COc1ccccc1NS(=O)(=O)c1ccc(C)c(C(=O)Nc2ccc(Br)cc2)c1. The lowest BCUT2D eigenvalue weighted by Crippen LogP contribution is -2.17. The van der Waals surface area contributed by atoms with E-state index in [1.54, 1.807) is 61.5 Å². The summed E-state index contributed by atoms with van der Waals surface area (Å²) in [5, 5.41) is 2.78. The number of anilines is 2. The normalized spacial score (nSPS) is 11.0. The predicted molar refractivity (Wildman–Crippen MR) is 117 cm³/mol. The van der Waals surface area contributed by atoms with Crippen LogP contribution in [0.4, 0.5) is 11.4 Å². The molecule has 0 aliphatic carbocycles. The Labute approximate surface area is 178 Å². The highest BCUT2D eigenvalue weighted by atomic mass is 79.9. The highest BCUT2D eigenvalue weighted by Crippen LogP contribution is 2.27. The van der Waals surface area contributed by atoms with Gasteiger partial charge in [-0.1, -0.05) is 34.1 Å². The van der Waals surface area contributed by atoms with Crippen molar-refractivity contribution in [3.8, 4) is 5.75 Å². The average Bonchev–Trinajstić information content (AvgIpc) is 2.70. The number of methoxy groups -OCH3 is 1. The molecule has 8 heteroatoms. The first-order valence-corrected chi connectivity index (χ1v) is 10.9. The minimum atomic E-state index is -3.91. The molecule has 3 rings (SSSR count). The molecule has 0 bridgehead atoms. The summed E-state index contributed by atoms with van der Waals surface area (Å²) in [6.07, 6.45) is 0. The first-order chi connectivity index (χ1) is 13.8. The number of ether oxygens (including phenoxy) is 1. The summed E-state index contributed by atoms with van der Waals surface area (Å²) in [5.41, 5.74) is 1.86. The van der Waals surface area contributed by atoms with Gasteiger partial charge in [0.05, 0.1) is 17.7 Å². The number of amides is 1. The molecule has 2 N–H and O–H groups in total. The van der Waals surface area contributed by atoms with Gasteiger partial charge in [-0.2, -0.15) is 0 Å². The van der Waals surface area contributed by atoms with Crippen molar-refractivity contribution in [2.45, 2.75) is 11.8 Å². The van der Waals surface area contributed by atoms with Gasteiger partial charge in [0.15, 0.2) is 0 Å². The number of halogens is 1. The molecule has 0 atom stereocenters. The molecule has 0 saturated heterocycles. The molecule has 1 amide bonds. The molecular formula is C21H19BrN2O4S. The monoisotopic (exact) mass is 474 g/mol. The van der Waals surface area contributed by atoms with E-state index >= 15 is 0 Å². The molecule has 6 nitrogen and oxygen atoms in total. The van der Waals surface area contributed by atoms with Crippen LogP contribution in [0.15, 0.2) is 76.1 Å². The molecule has 3 aromatic carbocycles. The molecule has 0 aromatic heterocycles. The van der Waals surface area contributed by atoms with Gasteiger partial charge in [0, 0.05) is 15.7 Å². The smallest absolute Gasteiger partial charge is 0.262 e. The fourth-order valence-corrected chi connectivity index (χ4v) is 4.04. The van der Waals surface area contributed by atoms with E-state index < -0.39 is 10.0 Å². The summed E-state index contributed by atoms with van der Waals surface area (Å²) >= 11 is 3.34. The zero-order valence-corrected chi connectivity index (χ0v) is 18.2. The lowest BCUT2D eigenvalue weighted by atomic mass is 10.1. The maximum atomic E-state index is 12.8. The van der Waals surface area contributed by atoms with Crippen molar-refractivity contribution in [3.63, 3.8) is 0 Å². The topological polar surface area (TPSA) is 84.5 Å². The van der Waals surface area contributed by atoms with Crippen molar-refractivity contribution in [1.29, 1.82) is 0 Å². The van der Waals surface area contributed by atoms with Crippen LogP contribution in [-0.4, -0.2) is 21.4 Å². The van der Waals surface area contributed by atoms with Crippen molar-refractivity contribution >= 4 is 43.2 Å². The molecule has 3 aromatic rings. The molecule has 0 radical (unpaired) electrons. The summed E-state index contributed by atoms with van der Waals surface area (Å²) in [6, 6.07) is 18.2. The first-order valence-electron chi connectivity index (χ1n) is 8.63. The highest BCUT2D eigenvalue weighted by molar-refractivity contribution is 9.10. The number of hydrogen-bond acceptors (Lipinski definition) is 4. The third kappa shape index (κ3) is 4.96. The van der Waals surface area contributed by atoms with E-state index in [-0.39, 0.29) is 16.4 Å². The van der Waals surface area contributed by atoms with Gasteiger partial charge in [0.1, 0.15) is 5.75 Å². The molecular weight excluding hydrogens is 456 g/mol. The maximum Gasteiger partial charge on any atom is 0.262 e. The third-order valence-electron chi connectivity index (χ3n) is 4.22. The quantitative estimate of drug-likeness (QED) is 0.536. The van der Waals surface area contributed by atoms with Crippen LogP contribution in [0.1, 0.15) is 15.9 Å². The predicted octanol–water partition coefficient (Wildman–Crippen LogP) is 4.82. The Morgan fingerprint density at radius 3 is 2.38 bits per heavy atom. The average molecular weight is 475 g/mol. The van der Waals surface area contributed by atoms with E-state index in [0.29, 0.717) is 22.7 Å². The van der Waals surface area contributed by atoms with Crippen LogP contribution in [0.5, 0.6) is 5.75 Å². The van der Waals surface area contributed by atoms with E-state index in [9.17, 15) is 13.2 Å². The van der Waals surface area contributed by atoms with Crippen LogP contribution >= 0.6 is 15.9 Å². The van der Waals surface area contributed by atoms with Crippen LogP contribution < -0.4 is 14.8 Å². The second-order valence-electron chi connectivity index (χ2n) is 6.24. The minimum absolute atomic E-state index is 0.0186. The second kappa shape index (κ2) is 8.67. The maximum absolute atomic E-state index is 12.8.